The Morgan fingerprint density at radius 2 is 1.82 bits per heavy atom. The summed E-state index contributed by atoms with van der Waals surface area (Å²) in [5.74, 6) is 1.67. The third kappa shape index (κ3) is 4.14. The summed E-state index contributed by atoms with van der Waals surface area (Å²) < 4.78 is 21.6. The number of carbonyl (C=O) groups is 1. The van der Waals surface area contributed by atoms with Crippen molar-refractivity contribution in [2.75, 3.05) is 33.3 Å². The Morgan fingerprint density at radius 3 is 2.46 bits per heavy atom. The second-order valence-electron chi connectivity index (χ2n) is 6.48. The van der Waals surface area contributed by atoms with Crippen LogP contribution < -0.4 is 24.3 Å². The van der Waals surface area contributed by atoms with Crippen LogP contribution in [0, 0.1) is 0 Å². The zero-order valence-electron chi connectivity index (χ0n) is 16.3. The predicted molar refractivity (Wildman–Crippen MR) is 105 cm³/mol. The molecular formula is C21H25NO6. The molecule has 1 amide bonds. The maximum atomic E-state index is 12.4. The second kappa shape index (κ2) is 8.84. The number of hydrogen-bond acceptors (Lipinski definition) is 6. The number of nitrogens with one attached hydrogen (secondary N) is 1. The van der Waals surface area contributed by atoms with Gasteiger partial charge in [0.2, 0.25) is 5.75 Å². The average Bonchev–Trinajstić information content (AvgIpc) is 2.71. The third-order valence-electron chi connectivity index (χ3n) is 4.74. The number of benzene rings is 2. The molecule has 0 aromatic heterocycles. The molecule has 0 saturated heterocycles. The van der Waals surface area contributed by atoms with Crippen molar-refractivity contribution in [1.82, 2.24) is 0 Å². The number of aliphatic hydroxyl groups excluding tert-OH is 1. The van der Waals surface area contributed by atoms with Crippen LogP contribution in [0.4, 0.5) is 5.69 Å². The van der Waals surface area contributed by atoms with Gasteiger partial charge in [-0.25, -0.2) is 0 Å². The number of anilines is 1. The van der Waals surface area contributed by atoms with E-state index in [0.717, 1.165) is 30.4 Å². The van der Waals surface area contributed by atoms with Crippen molar-refractivity contribution in [3.8, 4) is 23.0 Å². The van der Waals surface area contributed by atoms with Gasteiger partial charge in [0.1, 0.15) is 5.75 Å². The Bertz CT molecular complexity index is 826. The number of rotatable bonds is 7. The highest BCUT2D eigenvalue weighted by molar-refractivity contribution is 5.92. The summed E-state index contributed by atoms with van der Waals surface area (Å²) in [5, 5.41) is 12.9. The maximum absolute atomic E-state index is 12.4. The van der Waals surface area contributed by atoms with E-state index in [1.165, 1.54) is 21.3 Å². The van der Waals surface area contributed by atoms with Crippen LogP contribution in [-0.2, 0) is 11.2 Å². The van der Waals surface area contributed by atoms with Gasteiger partial charge in [0.25, 0.3) is 5.91 Å². The second-order valence-corrected chi connectivity index (χ2v) is 6.48. The van der Waals surface area contributed by atoms with E-state index in [0.29, 0.717) is 28.7 Å². The Morgan fingerprint density at radius 1 is 1.11 bits per heavy atom. The summed E-state index contributed by atoms with van der Waals surface area (Å²) in [7, 11) is 4.54. The first-order valence-corrected chi connectivity index (χ1v) is 9.09. The highest BCUT2D eigenvalue weighted by Crippen LogP contribution is 2.40. The Labute approximate surface area is 164 Å². The maximum Gasteiger partial charge on any atom is 0.262 e. The van der Waals surface area contributed by atoms with Crippen molar-refractivity contribution in [3.05, 3.63) is 41.5 Å². The minimum absolute atomic E-state index is 0.150. The molecule has 0 aliphatic heterocycles. The fraction of sp³-hybridized carbons (Fsp3) is 0.381. The highest BCUT2D eigenvalue weighted by Gasteiger charge is 2.21. The van der Waals surface area contributed by atoms with E-state index >= 15 is 0 Å². The normalized spacial score (nSPS) is 15.4. The van der Waals surface area contributed by atoms with E-state index in [2.05, 4.69) is 5.32 Å². The van der Waals surface area contributed by atoms with Crippen LogP contribution in [0.15, 0.2) is 30.3 Å². The molecule has 1 aliphatic carbocycles. The highest BCUT2D eigenvalue weighted by atomic mass is 16.5. The molecule has 7 nitrogen and oxygen atoms in total. The summed E-state index contributed by atoms with van der Waals surface area (Å²) >= 11 is 0. The van der Waals surface area contributed by atoms with Crippen LogP contribution >= 0.6 is 0 Å². The number of ether oxygens (including phenoxy) is 4. The first-order valence-electron chi connectivity index (χ1n) is 9.09. The number of hydrogen-bond donors (Lipinski definition) is 2. The fourth-order valence-electron chi connectivity index (χ4n) is 3.42. The van der Waals surface area contributed by atoms with Crippen molar-refractivity contribution < 1.29 is 28.8 Å². The predicted octanol–water partition coefficient (Wildman–Crippen LogP) is 3.10. The van der Waals surface area contributed by atoms with E-state index in [9.17, 15) is 9.90 Å². The Balaban J connectivity index is 1.70. The van der Waals surface area contributed by atoms with E-state index in [1.54, 1.807) is 12.1 Å². The molecule has 2 N–H and O–H groups in total. The number of carbonyl (C=O) groups excluding carboxylic acids is 1. The van der Waals surface area contributed by atoms with Gasteiger partial charge in [0, 0.05) is 17.8 Å². The summed E-state index contributed by atoms with van der Waals surface area (Å²) in [5.41, 5.74) is 2.37. The van der Waals surface area contributed by atoms with Gasteiger partial charge in [-0.15, -0.1) is 0 Å². The SMILES string of the molecule is COc1cc(NC(=O)COc2cccc3c2CCC[C@H]3O)cc(OC)c1OC. The van der Waals surface area contributed by atoms with Crippen molar-refractivity contribution in [1.29, 1.82) is 0 Å². The van der Waals surface area contributed by atoms with Crippen LogP contribution in [0.1, 0.15) is 30.1 Å². The van der Waals surface area contributed by atoms with Crippen LogP contribution in [0.3, 0.4) is 0 Å². The largest absolute Gasteiger partial charge is 0.493 e. The molecule has 1 atom stereocenters. The first kappa shape index (κ1) is 19.8. The summed E-state index contributed by atoms with van der Waals surface area (Å²) in [4.78, 5) is 12.4. The molecule has 150 valence electrons. The van der Waals surface area contributed by atoms with Gasteiger partial charge in [-0.05, 0) is 36.5 Å². The van der Waals surface area contributed by atoms with E-state index in [-0.39, 0.29) is 12.5 Å². The lowest BCUT2D eigenvalue weighted by Crippen LogP contribution is -2.21. The molecule has 2 aromatic carbocycles. The van der Waals surface area contributed by atoms with Crippen molar-refractivity contribution in [3.63, 3.8) is 0 Å². The molecule has 0 saturated carbocycles. The van der Waals surface area contributed by atoms with E-state index < -0.39 is 6.10 Å². The number of methoxy groups -OCH3 is 3. The smallest absolute Gasteiger partial charge is 0.262 e. The minimum Gasteiger partial charge on any atom is -0.493 e. The lowest BCUT2D eigenvalue weighted by Gasteiger charge is -2.23. The zero-order chi connectivity index (χ0) is 20.1. The summed E-state index contributed by atoms with van der Waals surface area (Å²) in [6.45, 7) is -0.150. The van der Waals surface area contributed by atoms with Gasteiger partial charge in [-0.2, -0.15) is 0 Å². The van der Waals surface area contributed by atoms with Gasteiger partial charge in [0.15, 0.2) is 18.1 Å². The topological polar surface area (TPSA) is 86.3 Å². The van der Waals surface area contributed by atoms with E-state index in [4.69, 9.17) is 18.9 Å². The quantitative estimate of drug-likeness (QED) is 0.759. The molecule has 0 fully saturated rings. The number of fused-ring (bicyclic) bond motifs is 1. The fourth-order valence-corrected chi connectivity index (χ4v) is 3.42. The minimum atomic E-state index is -0.472. The van der Waals surface area contributed by atoms with Gasteiger partial charge < -0.3 is 29.4 Å². The van der Waals surface area contributed by atoms with E-state index in [1.807, 2.05) is 18.2 Å². The molecule has 0 heterocycles. The molecule has 3 rings (SSSR count). The molecule has 1 aliphatic rings. The molecule has 0 radical (unpaired) electrons. The number of amides is 1. The Kier molecular flexibility index (Phi) is 6.26. The molecule has 0 bridgehead atoms. The van der Waals surface area contributed by atoms with Gasteiger partial charge in [-0.1, -0.05) is 12.1 Å². The van der Waals surface area contributed by atoms with Crippen LogP contribution in [0.25, 0.3) is 0 Å². The van der Waals surface area contributed by atoms with Crippen LogP contribution in [0.2, 0.25) is 0 Å². The van der Waals surface area contributed by atoms with Crippen molar-refractivity contribution in [2.24, 2.45) is 0 Å². The molecule has 28 heavy (non-hydrogen) atoms. The Hall–Kier alpha value is -2.93. The van der Waals surface area contributed by atoms with Gasteiger partial charge >= 0.3 is 0 Å². The molecule has 2 aromatic rings. The summed E-state index contributed by atoms with van der Waals surface area (Å²) in [6, 6.07) is 8.87. The molecular weight excluding hydrogens is 362 g/mol. The monoisotopic (exact) mass is 387 g/mol. The molecule has 0 unspecified atom stereocenters. The zero-order valence-corrected chi connectivity index (χ0v) is 16.3. The third-order valence-corrected chi connectivity index (χ3v) is 4.74. The van der Waals surface area contributed by atoms with Crippen molar-refractivity contribution in [2.45, 2.75) is 25.4 Å². The van der Waals surface area contributed by atoms with Gasteiger partial charge in [-0.3, -0.25) is 4.79 Å². The average molecular weight is 387 g/mol. The summed E-state index contributed by atoms with van der Waals surface area (Å²) in [6.07, 6.45) is 2.00. The molecule has 0 spiro atoms. The lowest BCUT2D eigenvalue weighted by atomic mass is 9.89. The molecule has 7 heteroatoms. The standard InChI is InChI=1S/C21H25NO6/c1-25-18-10-13(11-19(26-2)21(18)27-3)22-20(24)12-28-17-9-5-6-14-15(17)7-4-8-16(14)23/h5-6,9-11,16,23H,4,7-8,12H2,1-3H3,(H,22,24)/t16-/m1/s1. The lowest BCUT2D eigenvalue weighted by molar-refractivity contribution is -0.118. The van der Waals surface area contributed by atoms with Crippen LogP contribution in [0.5, 0.6) is 23.0 Å². The van der Waals surface area contributed by atoms with Crippen molar-refractivity contribution >= 4 is 11.6 Å². The van der Waals surface area contributed by atoms with Gasteiger partial charge in [0.05, 0.1) is 27.4 Å². The number of aliphatic hydroxyl groups is 1. The first-order chi connectivity index (χ1) is 13.6. The van der Waals surface area contributed by atoms with Crippen LogP contribution in [-0.4, -0.2) is 38.9 Å².